The van der Waals surface area contributed by atoms with E-state index in [-0.39, 0.29) is 24.4 Å². The molecule has 0 unspecified atom stereocenters. The fraction of sp³-hybridized carbons (Fsp3) is 0.429. The molecule has 3 rings (SSSR count). The van der Waals surface area contributed by atoms with Gasteiger partial charge in [0.2, 0.25) is 11.8 Å². The van der Waals surface area contributed by atoms with Gasteiger partial charge < -0.3 is 10.6 Å². The molecule has 1 saturated heterocycles. The number of likely N-dealkylation sites (tertiary alicyclic amines) is 1. The summed E-state index contributed by atoms with van der Waals surface area (Å²) in [5.41, 5.74) is 2.85. The summed E-state index contributed by atoms with van der Waals surface area (Å²) in [6.07, 6.45) is 2.17. The molecule has 144 valence electrons. The topological polar surface area (TPSA) is 61.4 Å². The predicted molar refractivity (Wildman–Crippen MR) is 110 cm³/mol. The van der Waals surface area contributed by atoms with Crippen molar-refractivity contribution < 1.29 is 9.59 Å². The van der Waals surface area contributed by atoms with Crippen molar-refractivity contribution in [3.05, 3.63) is 51.7 Å². The number of carbonyl (C=O) groups excluding carboxylic acids is 2. The second-order valence-corrected chi connectivity index (χ2v) is 8.10. The first-order valence-electron chi connectivity index (χ1n) is 9.40. The van der Waals surface area contributed by atoms with Crippen LogP contribution in [0.3, 0.4) is 0 Å². The molecule has 1 aliphatic heterocycles. The summed E-state index contributed by atoms with van der Waals surface area (Å²) in [6.45, 7) is 6.73. The fourth-order valence-electron chi connectivity index (χ4n) is 3.70. The van der Waals surface area contributed by atoms with Crippen molar-refractivity contribution in [1.29, 1.82) is 0 Å². The van der Waals surface area contributed by atoms with E-state index >= 15 is 0 Å². The van der Waals surface area contributed by atoms with Crippen molar-refractivity contribution in [3.63, 3.8) is 0 Å². The van der Waals surface area contributed by atoms with E-state index in [1.807, 2.05) is 39.0 Å². The van der Waals surface area contributed by atoms with Gasteiger partial charge in [0.1, 0.15) is 0 Å². The van der Waals surface area contributed by atoms with Gasteiger partial charge in [-0.15, -0.1) is 11.3 Å². The van der Waals surface area contributed by atoms with Crippen LogP contribution in [0.25, 0.3) is 0 Å². The van der Waals surface area contributed by atoms with Gasteiger partial charge in [0.05, 0.1) is 12.6 Å². The van der Waals surface area contributed by atoms with E-state index in [4.69, 9.17) is 0 Å². The molecular weight excluding hydrogens is 358 g/mol. The molecule has 6 heteroatoms. The Bertz CT molecular complexity index is 784. The van der Waals surface area contributed by atoms with Crippen molar-refractivity contribution in [1.82, 2.24) is 10.2 Å². The van der Waals surface area contributed by atoms with Gasteiger partial charge in [0.15, 0.2) is 0 Å². The minimum Gasteiger partial charge on any atom is -0.346 e. The molecule has 2 atom stereocenters. The van der Waals surface area contributed by atoms with Crippen LogP contribution in [0.15, 0.2) is 35.7 Å². The number of hydrogen-bond acceptors (Lipinski definition) is 4. The Morgan fingerprint density at radius 2 is 1.96 bits per heavy atom. The highest BCUT2D eigenvalue weighted by atomic mass is 32.1. The van der Waals surface area contributed by atoms with E-state index in [1.54, 1.807) is 11.3 Å². The number of anilines is 1. The lowest BCUT2D eigenvalue weighted by atomic mass is 10.1. The lowest BCUT2D eigenvalue weighted by molar-refractivity contribution is -0.128. The third-order valence-corrected chi connectivity index (χ3v) is 6.18. The number of rotatable bonds is 6. The molecule has 1 aromatic carbocycles. The number of para-hydroxylation sites is 1. The van der Waals surface area contributed by atoms with E-state index in [2.05, 4.69) is 33.0 Å². The normalized spacial score (nSPS) is 18.3. The largest absolute Gasteiger partial charge is 0.346 e. The second kappa shape index (κ2) is 8.67. The molecule has 2 amide bonds. The summed E-state index contributed by atoms with van der Waals surface area (Å²) < 4.78 is 0. The van der Waals surface area contributed by atoms with E-state index in [0.717, 1.165) is 36.2 Å². The molecule has 0 bridgehead atoms. The summed E-state index contributed by atoms with van der Waals surface area (Å²) >= 11 is 1.74. The third-order valence-electron chi connectivity index (χ3n) is 5.21. The molecule has 0 radical (unpaired) electrons. The van der Waals surface area contributed by atoms with Crippen molar-refractivity contribution in [2.45, 2.75) is 45.7 Å². The maximum atomic E-state index is 12.6. The van der Waals surface area contributed by atoms with Gasteiger partial charge in [-0.3, -0.25) is 14.5 Å². The average Bonchev–Trinajstić information content (AvgIpc) is 3.33. The average molecular weight is 386 g/mol. The maximum Gasteiger partial charge on any atom is 0.243 e. The molecule has 0 aliphatic carbocycles. The summed E-state index contributed by atoms with van der Waals surface area (Å²) in [6, 6.07) is 10.1. The number of thiophene rings is 1. The first-order valence-corrected chi connectivity index (χ1v) is 10.3. The van der Waals surface area contributed by atoms with Gasteiger partial charge in [0, 0.05) is 16.6 Å². The van der Waals surface area contributed by atoms with Crippen LogP contribution >= 0.6 is 11.3 Å². The quantitative estimate of drug-likeness (QED) is 0.798. The van der Waals surface area contributed by atoms with E-state index in [0.29, 0.717) is 6.04 Å². The number of hydrogen-bond donors (Lipinski definition) is 2. The Balaban J connectivity index is 1.55. The molecule has 2 heterocycles. The lowest BCUT2D eigenvalue weighted by Gasteiger charge is -2.29. The van der Waals surface area contributed by atoms with E-state index in [1.165, 1.54) is 4.88 Å². The van der Waals surface area contributed by atoms with Crippen LogP contribution in [0.5, 0.6) is 0 Å². The number of amides is 2. The van der Waals surface area contributed by atoms with Gasteiger partial charge in [-0.2, -0.15) is 0 Å². The summed E-state index contributed by atoms with van der Waals surface area (Å²) in [7, 11) is 0. The standard InChI is InChI=1S/C21H27N3O2S/c1-14-7-4-8-15(2)20(14)23-19(25)13-22-21(26)16(3)24-11-5-9-17(24)18-10-6-12-27-18/h4,6-8,10,12,16-17H,5,9,11,13H2,1-3H3,(H,22,26)(H,23,25)/t16-,17-/m0/s1. The SMILES string of the molecule is Cc1cccc(C)c1NC(=O)CNC(=O)[C@H](C)N1CCC[C@H]1c1cccs1. The number of aryl methyl sites for hydroxylation is 2. The van der Waals surface area contributed by atoms with Gasteiger partial charge >= 0.3 is 0 Å². The van der Waals surface area contributed by atoms with Gasteiger partial charge in [-0.25, -0.2) is 0 Å². The highest BCUT2D eigenvalue weighted by Gasteiger charge is 2.33. The number of carbonyl (C=O) groups is 2. The summed E-state index contributed by atoms with van der Waals surface area (Å²) in [4.78, 5) is 28.4. The molecule has 2 N–H and O–H groups in total. The molecule has 2 aromatic rings. The number of nitrogens with one attached hydrogen (secondary N) is 2. The highest BCUT2D eigenvalue weighted by Crippen LogP contribution is 2.35. The van der Waals surface area contributed by atoms with Gasteiger partial charge in [-0.1, -0.05) is 24.3 Å². The zero-order valence-corrected chi connectivity index (χ0v) is 16.9. The summed E-state index contributed by atoms with van der Waals surface area (Å²) in [5, 5.41) is 7.78. The highest BCUT2D eigenvalue weighted by molar-refractivity contribution is 7.10. The lowest BCUT2D eigenvalue weighted by Crippen LogP contribution is -2.46. The van der Waals surface area contributed by atoms with Crippen molar-refractivity contribution in [3.8, 4) is 0 Å². The third kappa shape index (κ3) is 4.57. The first kappa shape index (κ1) is 19.6. The molecule has 0 saturated carbocycles. The zero-order valence-electron chi connectivity index (χ0n) is 16.1. The van der Waals surface area contributed by atoms with Crippen LogP contribution in [0.4, 0.5) is 5.69 Å². The van der Waals surface area contributed by atoms with E-state index < -0.39 is 0 Å². The molecular formula is C21H27N3O2S. The van der Waals surface area contributed by atoms with Crippen molar-refractivity contribution >= 4 is 28.8 Å². The number of nitrogens with zero attached hydrogens (tertiary/aromatic N) is 1. The van der Waals surface area contributed by atoms with Crippen molar-refractivity contribution in [2.75, 3.05) is 18.4 Å². The van der Waals surface area contributed by atoms with Crippen LogP contribution in [-0.2, 0) is 9.59 Å². The number of benzene rings is 1. The zero-order chi connectivity index (χ0) is 19.4. The van der Waals surface area contributed by atoms with Crippen LogP contribution < -0.4 is 10.6 Å². The van der Waals surface area contributed by atoms with Gasteiger partial charge in [-0.05, 0) is 62.7 Å². The molecule has 27 heavy (non-hydrogen) atoms. The maximum absolute atomic E-state index is 12.6. The fourth-order valence-corrected chi connectivity index (χ4v) is 4.58. The van der Waals surface area contributed by atoms with Crippen LogP contribution in [0, 0.1) is 13.8 Å². The molecule has 5 nitrogen and oxygen atoms in total. The first-order chi connectivity index (χ1) is 13.0. The predicted octanol–water partition coefficient (Wildman–Crippen LogP) is 3.65. The second-order valence-electron chi connectivity index (χ2n) is 7.12. The Morgan fingerprint density at radius 1 is 1.22 bits per heavy atom. The van der Waals surface area contributed by atoms with Crippen LogP contribution in [-0.4, -0.2) is 35.8 Å². The van der Waals surface area contributed by atoms with E-state index in [9.17, 15) is 9.59 Å². The van der Waals surface area contributed by atoms with Crippen molar-refractivity contribution in [2.24, 2.45) is 0 Å². The summed E-state index contributed by atoms with van der Waals surface area (Å²) in [5.74, 6) is -0.306. The Labute approximate surface area is 164 Å². The molecule has 1 aliphatic rings. The molecule has 1 fully saturated rings. The minimum absolute atomic E-state index is 0.0194. The minimum atomic E-state index is -0.257. The van der Waals surface area contributed by atoms with Gasteiger partial charge in [0.25, 0.3) is 0 Å². The Hall–Kier alpha value is -2.18. The monoisotopic (exact) mass is 385 g/mol. The Kier molecular flexibility index (Phi) is 6.29. The molecule has 0 spiro atoms. The van der Waals surface area contributed by atoms with Crippen LogP contribution in [0.1, 0.15) is 41.8 Å². The van der Waals surface area contributed by atoms with Crippen LogP contribution in [0.2, 0.25) is 0 Å². The smallest absolute Gasteiger partial charge is 0.243 e. The molecule has 1 aromatic heterocycles. The Morgan fingerprint density at radius 3 is 2.63 bits per heavy atom.